The SMILES string of the molecule is CCOc1cc(/C=C2/SC(=S)NC2=O)ccc1OCCOc1ccc(C(C)(C)C)cc1. The molecular formula is C24H27NO4S2. The smallest absolute Gasteiger partial charge is 0.263 e. The molecule has 1 aliphatic heterocycles. The molecule has 7 heteroatoms. The number of hydrogen-bond acceptors (Lipinski definition) is 6. The van der Waals surface area contributed by atoms with E-state index in [1.807, 2.05) is 37.3 Å². The highest BCUT2D eigenvalue weighted by Gasteiger charge is 2.22. The average molecular weight is 458 g/mol. The minimum absolute atomic E-state index is 0.117. The van der Waals surface area contributed by atoms with Gasteiger partial charge in [0.15, 0.2) is 11.5 Å². The molecule has 0 aromatic heterocycles. The summed E-state index contributed by atoms with van der Waals surface area (Å²) in [6.07, 6.45) is 1.79. The van der Waals surface area contributed by atoms with E-state index in [1.54, 1.807) is 6.08 Å². The van der Waals surface area contributed by atoms with Gasteiger partial charge in [0.05, 0.1) is 11.5 Å². The van der Waals surface area contributed by atoms with Crippen molar-refractivity contribution in [3.63, 3.8) is 0 Å². The molecule has 164 valence electrons. The van der Waals surface area contributed by atoms with E-state index in [0.29, 0.717) is 40.5 Å². The van der Waals surface area contributed by atoms with Gasteiger partial charge in [0.2, 0.25) is 0 Å². The summed E-state index contributed by atoms with van der Waals surface area (Å²) in [5, 5.41) is 2.61. The van der Waals surface area contributed by atoms with Crippen molar-refractivity contribution >= 4 is 40.3 Å². The molecule has 1 saturated heterocycles. The summed E-state index contributed by atoms with van der Waals surface area (Å²) in [7, 11) is 0. The van der Waals surface area contributed by atoms with E-state index in [2.05, 4.69) is 38.2 Å². The van der Waals surface area contributed by atoms with Crippen LogP contribution < -0.4 is 19.5 Å². The maximum absolute atomic E-state index is 11.9. The normalized spacial score (nSPS) is 15.2. The third-order valence-electron chi connectivity index (χ3n) is 4.54. The molecule has 1 N–H and O–H groups in total. The lowest BCUT2D eigenvalue weighted by Gasteiger charge is -2.19. The minimum atomic E-state index is -0.180. The van der Waals surface area contributed by atoms with Gasteiger partial charge in [-0.15, -0.1) is 0 Å². The van der Waals surface area contributed by atoms with Gasteiger partial charge in [-0.05, 0) is 53.8 Å². The second-order valence-electron chi connectivity index (χ2n) is 7.96. The number of nitrogens with one attached hydrogen (secondary N) is 1. The zero-order valence-electron chi connectivity index (χ0n) is 18.2. The third kappa shape index (κ3) is 6.48. The number of amides is 1. The van der Waals surface area contributed by atoms with Crippen LogP contribution in [-0.4, -0.2) is 30.0 Å². The molecule has 1 aliphatic rings. The van der Waals surface area contributed by atoms with Crippen molar-refractivity contribution < 1.29 is 19.0 Å². The lowest BCUT2D eigenvalue weighted by molar-refractivity contribution is -0.115. The van der Waals surface area contributed by atoms with Crippen LogP contribution in [0.4, 0.5) is 0 Å². The number of thioether (sulfide) groups is 1. The van der Waals surface area contributed by atoms with Gasteiger partial charge in [-0.1, -0.05) is 63.0 Å². The number of carbonyl (C=O) groups excluding carboxylic acids is 1. The number of carbonyl (C=O) groups is 1. The molecular weight excluding hydrogens is 430 g/mol. The van der Waals surface area contributed by atoms with Crippen LogP contribution in [-0.2, 0) is 10.2 Å². The largest absolute Gasteiger partial charge is 0.490 e. The number of rotatable bonds is 8. The summed E-state index contributed by atoms with van der Waals surface area (Å²) >= 11 is 6.28. The molecule has 1 fully saturated rings. The van der Waals surface area contributed by atoms with Crippen molar-refractivity contribution in [2.75, 3.05) is 19.8 Å². The topological polar surface area (TPSA) is 56.8 Å². The Balaban J connectivity index is 1.59. The molecule has 1 heterocycles. The van der Waals surface area contributed by atoms with E-state index in [0.717, 1.165) is 11.3 Å². The van der Waals surface area contributed by atoms with Gasteiger partial charge >= 0.3 is 0 Å². The fourth-order valence-electron chi connectivity index (χ4n) is 2.94. The number of hydrogen-bond donors (Lipinski definition) is 1. The summed E-state index contributed by atoms with van der Waals surface area (Å²) in [4.78, 5) is 12.4. The molecule has 2 aromatic rings. The molecule has 1 amide bonds. The molecule has 31 heavy (non-hydrogen) atoms. The molecule has 0 unspecified atom stereocenters. The molecule has 3 rings (SSSR count). The van der Waals surface area contributed by atoms with Gasteiger partial charge in [0, 0.05) is 0 Å². The van der Waals surface area contributed by atoms with Crippen LogP contribution in [0.5, 0.6) is 17.2 Å². The Morgan fingerprint density at radius 2 is 1.71 bits per heavy atom. The highest BCUT2D eigenvalue weighted by Crippen LogP contribution is 2.32. The highest BCUT2D eigenvalue weighted by molar-refractivity contribution is 8.26. The molecule has 0 atom stereocenters. The first-order valence-electron chi connectivity index (χ1n) is 10.1. The molecule has 2 aromatic carbocycles. The second kappa shape index (κ2) is 10.2. The maximum Gasteiger partial charge on any atom is 0.263 e. The summed E-state index contributed by atoms with van der Waals surface area (Å²) in [6.45, 7) is 9.78. The third-order valence-corrected chi connectivity index (χ3v) is 5.70. The first-order chi connectivity index (χ1) is 14.8. The number of ether oxygens (including phenoxy) is 3. The van der Waals surface area contributed by atoms with E-state index in [1.165, 1.54) is 17.3 Å². The maximum atomic E-state index is 11.9. The molecule has 5 nitrogen and oxygen atoms in total. The van der Waals surface area contributed by atoms with Crippen molar-refractivity contribution in [1.29, 1.82) is 0 Å². The van der Waals surface area contributed by atoms with Crippen molar-refractivity contribution in [2.24, 2.45) is 0 Å². The predicted octanol–water partition coefficient (Wildman–Crippen LogP) is 5.33. The Kier molecular flexibility index (Phi) is 7.62. The van der Waals surface area contributed by atoms with Crippen LogP contribution in [0.15, 0.2) is 47.4 Å². The standard InChI is InChI=1S/C24H27NO4S2/c1-5-27-20-14-16(15-21-22(26)25-23(30)31-21)6-11-19(20)29-13-12-28-18-9-7-17(8-10-18)24(2,3)4/h6-11,14-15H,5,12-13H2,1-4H3,(H,25,26,30)/b21-15+. The Labute approximate surface area is 193 Å². The quantitative estimate of drug-likeness (QED) is 0.329. The number of benzene rings is 2. The molecule has 0 saturated carbocycles. The van der Waals surface area contributed by atoms with Crippen LogP contribution in [0.1, 0.15) is 38.8 Å². The molecule has 0 bridgehead atoms. The first-order valence-corrected chi connectivity index (χ1v) is 11.4. The first kappa shape index (κ1) is 23.2. The van der Waals surface area contributed by atoms with Gasteiger partial charge in [-0.25, -0.2) is 0 Å². The molecule has 0 aliphatic carbocycles. The minimum Gasteiger partial charge on any atom is -0.490 e. The Hall–Kier alpha value is -2.51. The Bertz CT molecular complexity index is 978. The van der Waals surface area contributed by atoms with Crippen molar-refractivity contribution in [3.8, 4) is 17.2 Å². The zero-order valence-corrected chi connectivity index (χ0v) is 19.8. The second-order valence-corrected chi connectivity index (χ2v) is 9.68. The predicted molar refractivity (Wildman–Crippen MR) is 130 cm³/mol. The van der Waals surface area contributed by atoms with Gasteiger partial charge in [-0.3, -0.25) is 4.79 Å². The van der Waals surface area contributed by atoms with Gasteiger partial charge in [0.1, 0.15) is 23.3 Å². The fraction of sp³-hybridized carbons (Fsp3) is 0.333. The van der Waals surface area contributed by atoms with Gasteiger partial charge in [0.25, 0.3) is 5.91 Å². The summed E-state index contributed by atoms with van der Waals surface area (Å²) < 4.78 is 17.9. The van der Waals surface area contributed by atoms with E-state index in [-0.39, 0.29) is 11.3 Å². The van der Waals surface area contributed by atoms with Crippen LogP contribution in [0.25, 0.3) is 6.08 Å². The number of thiocarbonyl (C=S) groups is 1. The highest BCUT2D eigenvalue weighted by atomic mass is 32.2. The van der Waals surface area contributed by atoms with Crippen LogP contribution in [0.3, 0.4) is 0 Å². The van der Waals surface area contributed by atoms with Crippen LogP contribution in [0.2, 0.25) is 0 Å². The van der Waals surface area contributed by atoms with E-state index in [4.69, 9.17) is 26.4 Å². The lowest BCUT2D eigenvalue weighted by atomic mass is 9.87. The summed E-state index contributed by atoms with van der Waals surface area (Å²) in [5.74, 6) is 1.89. The van der Waals surface area contributed by atoms with Gasteiger partial charge < -0.3 is 19.5 Å². The van der Waals surface area contributed by atoms with E-state index >= 15 is 0 Å². The van der Waals surface area contributed by atoms with Crippen molar-refractivity contribution in [1.82, 2.24) is 5.32 Å². The summed E-state index contributed by atoms with van der Waals surface area (Å²) in [6, 6.07) is 13.7. The van der Waals surface area contributed by atoms with E-state index < -0.39 is 0 Å². The van der Waals surface area contributed by atoms with Gasteiger partial charge in [-0.2, -0.15) is 0 Å². The van der Waals surface area contributed by atoms with Crippen LogP contribution >= 0.6 is 24.0 Å². The van der Waals surface area contributed by atoms with Crippen molar-refractivity contribution in [3.05, 3.63) is 58.5 Å². The fourth-order valence-corrected chi connectivity index (χ4v) is 3.98. The summed E-state index contributed by atoms with van der Waals surface area (Å²) in [5.41, 5.74) is 2.22. The van der Waals surface area contributed by atoms with Crippen LogP contribution in [0, 0.1) is 0 Å². The van der Waals surface area contributed by atoms with Crippen molar-refractivity contribution in [2.45, 2.75) is 33.1 Å². The monoisotopic (exact) mass is 457 g/mol. The Morgan fingerprint density at radius 3 is 2.32 bits per heavy atom. The Morgan fingerprint density at radius 1 is 1.00 bits per heavy atom. The lowest BCUT2D eigenvalue weighted by Crippen LogP contribution is -2.17. The molecule has 0 radical (unpaired) electrons. The zero-order chi connectivity index (χ0) is 22.4. The molecule has 0 spiro atoms. The van der Waals surface area contributed by atoms with E-state index in [9.17, 15) is 4.79 Å². The average Bonchev–Trinajstić information content (AvgIpc) is 3.03.